The maximum atomic E-state index is 8.58. The fourth-order valence-electron chi connectivity index (χ4n) is 0. The second-order valence-electron chi connectivity index (χ2n) is 0.500. The van der Waals surface area contributed by atoms with Gasteiger partial charge in [-0.25, -0.2) is 0 Å². The Bertz CT molecular complexity index is 27.9. The first-order valence-electron chi connectivity index (χ1n) is 0.816. The SMILES string of the molecule is [B+3].[Ca+2].[O-][Si]([O-])([O-])[O-].[OH-]. The van der Waals surface area contributed by atoms with Crippen LogP contribution < -0.4 is 19.2 Å². The van der Waals surface area contributed by atoms with Gasteiger partial charge in [-0.15, -0.1) is 0 Å². The van der Waals surface area contributed by atoms with Crippen LogP contribution in [0.5, 0.6) is 0 Å². The van der Waals surface area contributed by atoms with Crippen LogP contribution in [-0.4, -0.2) is 60.7 Å². The molecule has 0 aliphatic heterocycles. The Balaban J connectivity index is -0.0000000267. The van der Waals surface area contributed by atoms with E-state index in [-0.39, 0.29) is 51.6 Å². The molecule has 0 aromatic heterocycles. The summed E-state index contributed by atoms with van der Waals surface area (Å²) in [5, 5.41) is 0. The molecule has 5 nitrogen and oxygen atoms in total. The quantitative estimate of drug-likeness (QED) is 0.326. The number of hydrogen-bond donors (Lipinski definition) is 0. The molecule has 0 heterocycles. The first-order chi connectivity index (χ1) is 2.00. The molecule has 8 heavy (non-hydrogen) atoms. The van der Waals surface area contributed by atoms with Gasteiger partial charge in [-0.3, -0.25) is 0 Å². The molecule has 0 atom stereocenters. The van der Waals surface area contributed by atoms with E-state index in [0.29, 0.717) is 0 Å². The van der Waals surface area contributed by atoms with E-state index in [9.17, 15) is 0 Å². The molecule has 1 N–H and O–H groups in total. The average Bonchev–Trinajstić information content (AvgIpc) is 0.722. The van der Waals surface area contributed by atoms with Crippen molar-refractivity contribution in [3.8, 4) is 0 Å². The van der Waals surface area contributed by atoms with Crippen molar-refractivity contribution in [2.75, 3.05) is 0 Å². The Hall–Kier alpha value is 1.34. The van der Waals surface area contributed by atoms with Crippen LogP contribution in [0.1, 0.15) is 0 Å². The molecule has 8 heteroatoms. The average molecular weight is 160 g/mol. The van der Waals surface area contributed by atoms with Gasteiger partial charge < -0.3 is 33.7 Å². The maximum Gasteiger partial charge on any atom is 3.00 e. The normalized spacial score (nSPS) is 7.50. The summed E-state index contributed by atoms with van der Waals surface area (Å²) in [5.41, 5.74) is 0. The van der Waals surface area contributed by atoms with Crippen LogP contribution in [0.2, 0.25) is 0 Å². The standard InChI is InChI=1S/B.Ca.O4Si.H2O/c;;1-5(2,3)4;/h;;;1H2/q+3;+2;-4;/p-1. The molecule has 0 aromatic rings. The van der Waals surface area contributed by atoms with Gasteiger partial charge in [-0.2, -0.15) is 0 Å². The molecule has 0 bridgehead atoms. The predicted molar refractivity (Wildman–Crippen MR) is 19.2 cm³/mol. The van der Waals surface area contributed by atoms with Gasteiger partial charge in [0.2, 0.25) is 0 Å². The van der Waals surface area contributed by atoms with Crippen molar-refractivity contribution in [3.05, 3.63) is 0 Å². The van der Waals surface area contributed by atoms with E-state index in [1.165, 1.54) is 0 Å². The Labute approximate surface area is 79.3 Å². The summed E-state index contributed by atoms with van der Waals surface area (Å²) in [6, 6.07) is 0. The molecule has 0 fully saturated rings. The summed E-state index contributed by atoms with van der Waals surface area (Å²) in [4.78, 5) is 34.3. The zero-order valence-electron chi connectivity index (χ0n) is 3.86. The molecule has 0 amide bonds. The molecule has 0 saturated heterocycles. The van der Waals surface area contributed by atoms with Crippen molar-refractivity contribution in [3.63, 3.8) is 0 Å². The summed E-state index contributed by atoms with van der Waals surface area (Å²) >= 11 is 0. The summed E-state index contributed by atoms with van der Waals surface area (Å²) in [7, 11) is -5.61. The molecule has 0 aliphatic carbocycles. The molecule has 0 saturated carbocycles. The van der Waals surface area contributed by atoms with E-state index in [4.69, 9.17) is 19.2 Å². The van der Waals surface area contributed by atoms with Gasteiger partial charge in [0.15, 0.2) is 0 Å². The van der Waals surface area contributed by atoms with Crippen LogP contribution in [0.15, 0.2) is 0 Å². The summed E-state index contributed by atoms with van der Waals surface area (Å²) in [6.45, 7) is 0. The van der Waals surface area contributed by atoms with E-state index in [1.54, 1.807) is 0 Å². The molecular weight excluding hydrogens is 159 g/mol. The molecule has 0 rings (SSSR count). The monoisotopic (exact) mass is 160 g/mol. The Morgan fingerprint density at radius 1 is 0.875 bits per heavy atom. The van der Waals surface area contributed by atoms with Gasteiger partial charge in [0.05, 0.1) is 0 Å². The zero-order chi connectivity index (χ0) is 4.50. The Kier molecular flexibility index (Phi) is 23.8. The second kappa shape index (κ2) is 8.34. The molecular formula is HBCaO5Si. The van der Waals surface area contributed by atoms with E-state index in [1.807, 2.05) is 0 Å². The third kappa shape index (κ3) is 164. The van der Waals surface area contributed by atoms with Crippen molar-refractivity contribution < 1.29 is 24.7 Å². The summed E-state index contributed by atoms with van der Waals surface area (Å²) in [6.07, 6.45) is 0. The van der Waals surface area contributed by atoms with Gasteiger partial charge >= 0.3 is 46.2 Å². The van der Waals surface area contributed by atoms with Crippen LogP contribution in [0.3, 0.4) is 0 Å². The van der Waals surface area contributed by atoms with Crippen molar-refractivity contribution in [1.82, 2.24) is 0 Å². The fourth-order valence-corrected chi connectivity index (χ4v) is 0. The minimum atomic E-state index is -5.61. The van der Waals surface area contributed by atoms with Gasteiger partial charge in [0.1, 0.15) is 0 Å². The third-order valence-electron chi connectivity index (χ3n) is 0. The predicted octanol–water partition coefficient (Wildman–Crippen LogP) is -6.08. The largest absolute Gasteiger partial charge is 3.00 e. The molecule has 0 spiro atoms. The van der Waals surface area contributed by atoms with Crippen LogP contribution in [0, 0.1) is 0 Å². The topological polar surface area (TPSA) is 122 Å². The minimum Gasteiger partial charge on any atom is -0.894 e. The Morgan fingerprint density at radius 2 is 0.875 bits per heavy atom. The van der Waals surface area contributed by atoms with Crippen molar-refractivity contribution >= 4 is 55.2 Å². The van der Waals surface area contributed by atoms with Gasteiger partial charge in [-0.05, 0) is 0 Å². The van der Waals surface area contributed by atoms with Gasteiger partial charge in [0, 0.05) is 0 Å². The maximum absolute atomic E-state index is 8.58. The second-order valence-corrected chi connectivity index (χ2v) is 1.50. The van der Waals surface area contributed by atoms with E-state index >= 15 is 0 Å². The zero-order valence-corrected chi connectivity index (χ0v) is 7.07. The van der Waals surface area contributed by atoms with Crippen LogP contribution in [0.4, 0.5) is 0 Å². The van der Waals surface area contributed by atoms with Crippen LogP contribution >= 0.6 is 0 Å². The Morgan fingerprint density at radius 3 is 0.875 bits per heavy atom. The smallest absolute Gasteiger partial charge is 0.894 e. The first kappa shape index (κ1) is 22.8. The van der Waals surface area contributed by atoms with Crippen LogP contribution in [0.25, 0.3) is 0 Å². The summed E-state index contributed by atoms with van der Waals surface area (Å²) < 4.78 is 0. The molecule has 0 aromatic carbocycles. The van der Waals surface area contributed by atoms with E-state index in [2.05, 4.69) is 0 Å². The minimum absolute atomic E-state index is 0. The molecule has 0 aliphatic rings. The molecule has 0 unspecified atom stereocenters. The van der Waals surface area contributed by atoms with Gasteiger partial charge in [0.25, 0.3) is 0 Å². The van der Waals surface area contributed by atoms with Crippen molar-refractivity contribution in [2.45, 2.75) is 0 Å². The van der Waals surface area contributed by atoms with Crippen molar-refractivity contribution in [2.24, 2.45) is 0 Å². The van der Waals surface area contributed by atoms with Gasteiger partial charge in [-0.1, -0.05) is 0 Å². The molecule has 0 radical (unpaired) electrons. The van der Waals surface area contributed by atoms with Crippen LogP contribution in [-0.2, 0) is 0 Å². The number of hydrogen-bond acceptors (Lipinski definition) is 5. The van der Waals surface area contributed by atoms with E-state index < -0.39 is 9.05 Å². The van der Waals surface area contributed by atoms with E-state index in [0.717, 1.165) is 0 Å². The molecule has 40 valence electrons. The fraction of sp³-hybridized carbons (Fsp3) is 0. The third-order valence-corrected chi connectivity index (χ3v) is 0. The summed E-state index contributed by atoms with van der Waals surface area (Å²) in [5.74, 6) is 0. The number of rotatable bonds is 0. The first-order valence-corrected chi connectivity index (χ1v) is 2.45. The van der Waals surface area contributed by atoms with Crippen molar-refractivity contribution in [1.29, 1.82) is 0 Å².